The highest BCUT2D eigenvalue weighted by Crippen LogP contribution is 2.27. The molecular formula is C18H14F3N5O. The van der Waals surface area contributed by atoms with E-state index in [1.807, 2.05) is 24.3 Å². The van der Waals surface area contributed by atoms with E-state index in [1.54, 1.807) is 23.6 Å². The lowest BCUT2D eigenvalue weighted by Crippen LogP contribution is -2.18. The predicted octanol–water partition coefficient (Wildman–Crippen LogP) is 4.10. The molecular weight excluding hydrogens is 359 g/mol. The molecule has 9 heteroatoms. The summed E-state index contributed by atoms with van der Waals surface area (Å²) < 4.78 is 43.4. The number of aromatic nitrogens is 4. The van der Waals surface area contributed by atoms with Gasteiger partial charge in [0.05, 0.1) is 5.52 Å². The van der Waals surface area contributed by atoms with E-state index in [-0.39, 0.29) is 12.3 Å². The number of rotatable bonds is 4. The molecule has 2 heterocycles. The third-order valence-electron chi connectivity index (χ3n) is 3.92. The minimum absolute atomic E-state index is 0.0750. The lowest BCUT2D eigenvalue weighted by molar-refractivity contribution is -0.274. The number of anilines is 1. The first-order chi connectivity index (χ1) is 12.9. The number of para-hydroxylation sites is 2. The van der Waals surface area contributed by atoms with E-state index in [4.69, 9.17) is 0 Å². The molecule has 4 aromatic rings. The molecule has 4 rings (SSSR count). The second kappa shape index (κ2) is 6.42. The quantitative estimate of drug-likeness (QED) is 0.584. The van der Waals surface area contributed by atoms with Gasteiger partial charge >= 0.3 is 6.36 Å². The van der Waals surface area contributed by atoms with Gasteiger partial charge in [-0.15, -0.1) is 18.3 Å². The van der Waals surface area contributed by atoms with Gasteiger partial charge in [-0.3, -0.25) is 0 Å². The average molecular weight is 373 g/mol. The Morgan fingerprint density at radius 2 is 1.78 bits per heavy atom. The Labute approximate surface area is 151 Å². The Morgan fingerprint density at radius 3 is 2.59 bits per heavy atom. The smallest absolute Gasteiger partial charge is 0.405 e. The summed E-state index contributed by atoms with van der Waals surface area (Å²) in [6.07, 6.45) is -4.76. The van der Waals surface area contributed by atoms with Crippen molar-refractivity contribution in [2.45, 2.75) is 19.8 Å². The molecule has 138 valence electrons. The lowest BCUT2D eigenvalue weighted by atomic mass is 10.2. The Balaban J connectivity index is 1.70. The van der Waals surface area contributed by atoms with Gasteiger partial charge in [0.25, 0.3) is 0 Å². The molecule has 2 aromatic carbocycles. The zero-order valence-electron chi connectivity index (χ0n) is 14.2. The van der Waals surface area contributed by atoms with Crippen LogP contribution in [0.2, 0.25) is 0 Å². The molecule has 0 aliphatic rings. The number of hydrogen-bond donors (Lipinski definition) is 1. The van der Waals surface area contributed by atoms with Crippen molar-refractivity contribution in [2.75, 3.05) is 5.32 Å². The van der Waals surface area contributed by atoms with E-state index in [2.05, 4.69) is 25.1 Å². The monoisotopic (exact) mass is 373 g/mol. The van der Waals surface area contributed by atoms with Crippen molar-refractivity contribution in [3.63, 3.8) is 0 Å². The van der Waals surface area contributed by atoms with Crippen molar-refractivity contribution in [1.29, 1.82) is 0 Å². The summed E-state index contributed by atoms with van der Waals surface area (Å²) in [5, 5.41) is 8.20. The van der Waals surface area contributed by atoms with Crippen LogP contribution in [0.4, 0.5) is 19.1 Å². The number of aryl methyl sites for hydroxylation is 1. The van der Waals surface area contributed by atoms with Crippen LogP contribution in [0.5, 0.6) is 5.75 Å². The molecule has 0 bridgehead atoms. The van der Waals surface area contributed by atoms with Crippen LogP contribution in [0, 0.1) is 6.92 Å². The average Bonchev–Trinajstić information content (AvgIpc) is 3.01. The minimum atomic E-state index is -4.76. The SMILES string of the molecule is Cc1nc2c3ccccc3nc(NCc3ccccc3OC(F)(F)F)n2n1. The molecule has 0 atom stereocenters. The lowest BCUT2D eigenvalue weighted by Gasteiger charge is -2.14. The van der Waals surface area contributed by atoms with Crippen molar-refractivity contribution in [1.82, 2.24) is 19.6 Å². The molecule has 0 radical (unpaired) electrons. The first kappa shape index (κ1) is 17.1. The highest BCUT2D eigenvalue weighted by Gasteiger charge is 2.32. The molecule has 0 aliphatic carbocycles. The van der Waals surface area contributed by atoms with Crippen LogP contribution in [-0.2, 0) is 6.54 Å². The number of nitrogens with zero attached hydrogens (tertiary/aromatic N) is 4. The summed E-state index contributed by atoms with van der Waals surface area (Å²) in [7, 11) is 0. The van der Waals surface area contributed by atoms with Gasteiger partial charge in [0.15, 0.2) is 5.65 Å². The molecule has 27 heavy (non-hydrogen) atoms. The van der Waals surface area contributed by atoms with Gasteiger partial charge in [-0.25, -0.2) is 9.97 Å². The van der Waals surface area contributed by atoms with Crippen molar-refractivity contribution < 1.29 is 17.9 Å². The maximum absolute atomic E-state index is 12.6. The Morgan fingerprint density at radius 1 is 1.04 bits per heavy atom. The third-order valence-corrected chi connectivity index (χ3v) is 3.92. The molecule has 2 aromatic heterocycles. The molecule has 0 spiro atoms. The highest BCUT2D eigenvalue weighted by atomic mass is 19.4. The summed E-state index contributed by atoms with van der Waals surface area (Å²) >= 11 is 0. The van der Waals surface area contributed by atoms with Crippen molar-refractivity contribution in [3.05, 3.63) is 59.9 Å². The van der Waals surface area contributed by atoms with Crippen molar-refractivity contribution >= 4 is 22.5 Å². The number of nitrogens with one attached hydrogen (secondary N) is 1. The van der Waals surface area contributed by atoms with Crippen LogP contribution in [0.25, 0.3) is 16.6 Å². The maximum atomic E-state index is 12.6. The topological polar surface area (TPSA) is 64.3 Å². The number of fused-ring (bicyclic) bond motifs is 3. The largest absolute Gasteiger partial charge is 0.573 e. The third kappa shape index (κ3) is 3.48. The zero-order chi connectivity index (χ0) is 19.0. The minimum Gasteiger partial charge on any atom is -0.405 e. The molecule has 0 saturated heterocycles. The van der Waals surface area contributed by atoms with Gasteiger partial charge < -0.3 is 10.1 Å². The van der Waals surface area contributed by atoms with Crippen LogP contribution in [0.1, 0.15) is 11.4 Å². The predicted molar refractivity (Wildman–Crippen MR) is 93.5 cm³/mol. The summed E-state index contributed by atoms with van der Waals surface area (Å²) in [6, 6.07) is 13.4. The summed E-state index contributed by atoms with van der Waals surface area (Å²) in [5.74, 6) is 0.687. The maximum Gasteiger partial charge on any atom is 0.573 e. The normalized spacial score (nSPS) is 11.9. The van der Waals surface area contributed by atoms with Crippen LogP contribution in [0.3, 0.4) is 0 Å². The molecule has 0 saturated carbocycles. The number of ether oxygens (including phenoxy) is 1. The van der Waals surface area contributed by atoms with Crippen LogP contribution < -0.4 is 10.1 Å². The molecule has 0 aliphatic heterocycles. The molecule has 1 N–H and O–H groups in total. The van der Waals surface area contributed by atoms with E-state index in [0.29, 0.717) is 28.5 Å². The van der Waals surface area contributed by atoms with E-state index in [9.17, 15) is 13.2 Å². The number of benzene rings is 2. The Bertz CT molecular complexity index is 1120. The fraction of sp³-hybridized carbons (Fsp3) is 0.167. The molecule has 0 fully saturated rings. The molecule has 0 unspecified atom stereocenters. The first-order valence-corrected chi connectivity index (χ1v) is 8.10. The van der Waals surface area contributed by atoms with E-state index < -0.39 is 6.36 Å². The summed E-state index contributed by atoms with van der Waals surface area (Å²) in [6.45, 7) is 1.84. The standard InChI is InChI=1S/C18H14F3N5O/c1-11-23-16-13-7-3-4-8-14(13)24-17(26(16)25-11)22-10-12-6-2-5-9-15(12)27-18(19,20)21/h2-9H,10H2,1H3,(H,22,24). The number of halogens is 3. The van der Waals surface area contributed by atoms with E-state index >= 15 is 0 Å². The van der Waals surface area contributed by atoms with Gasteiger partial charge in [-0.05, 0) is 25.1 Å². The fourth-order valence-electron chi connectivity index (χ4n) is 2.82. The van der Waals surface area contributed by atoms with E-state index in [0.717, 1.165) is 5.39 Å². The van der Waals surface area contributed by atoms with Gasteiger partial charge in [0.2, 0.25) is 5.95 Å². The molecule has 0 amide bonds. The van der Waals surface area contributed by atoms with Crippen LogP contribution >= 0.6 is 0 Å². The Hall–Kier alpha value is -3.36. The Kier molecular flexibility index (Phi) is 4.06. The number of alkyl halides is 3. The second-order valence-corrected chi connectivity index (χ2v) is 5.86. The second-order valence-electron chi connectivity index (χ2n) is 5.86. The van der Waals surface area contributed by atoms with Crippen LogP contribution in [0.15, 0.2) is 48.5 Å². The van der Waals surface area contributed by atoms with Gasteiger partial charge in [-0.1, -0.05) is 30.3 Å². The zero-order valence-corrected chi connectivity index (χ0v) is 14.2. The first-order valence-electron chi connectivity index (χ1n) is 8.10. The number of hydrogen-bond acceptors (Lipinski definition) is 5. The van der Waals surface area contributed by atoms with Gasteiger partial charge in [-0.2, -0.15) is 4.52 Å². The van der Waals surface area contributed by atoms with E-state index in [1.165, 1.54) is 12.1 Å². The highest BCUT2D eigenvalue weighted by molar-refractivity contribution is 5.92. The summed E-state index contributed by atoms with van der Waals surface area (Å²) in [5.41, 5.74) is 1.68. The fourth-order valence-corrected chi connectivity index (χ4v) is 2.82. The van der Waals surface area contributed by atoms with Crippen LogP contribution in [-0.4, -0.2) is 25.9 Å². The van der Waals surface area contributed by atoms with Gasteiger partial charge in [0.1, 0.15) is 11.6 Å². The van der Waals surface area contributed by atoms with Crippen molar-refractivity contribution in [2.24, 2.45) is 0 Å². The molecule has 6 nitrogen and oxygen atoms in total. The summed E-state index contributed by atoms with van der Waals surface area (Å²) in [4.78, 5) is 8.94. The van der Waals surface area contributed by atoms with Gasteiger partial charge in [0, 0.05) is 17.5 Å². The van der Waals surface area contributed by atoms with Crippen molar-refractivity contribution in [3.8, 4) is 5.75 Å².